The predicted octanol–water partition coefficient (Wildman–Crippen LogP) is -4.43. The van der Waals surface area contributed by atoms with E-state index in [0.29, 0.717) is 0 Å². The monoisotopic (exact) mass is 355 g/mol. The highest BCUT2D eigenvalue weighted by Crippen LogP contribution is 2.29. The van der Waals surface area contributed by atoms with Gasteiger partial charge < -0.3 is 55.3 Å². The zero-order chi connectivity index (χ0) is 18.0. The lowest BCUT2D eigenvalue weighted by atomic mass is 9.97. The van der Waals surface area contributed by atoms with Crippen LogP contribution in [0.1, 0.15) is 6.92 Å². The smallest absolute Gasteiger partial charge is 0.188 e. The molecule has 0 spiro atoms. The van der Waals surface area contributed by atoms with Crippen molar-refractivity contribution in [1.82, 2.24) is 0 Å². The van der Waals surface area contributed by atoms with Gasteiger partial charge in [-0.05, 0) is 6.92 Å². The number of hydrogen-bond acceptors (Lipinski definition) is 11. The quantitative estimate of drug-likeness (QED) is 0.236. The van der Waals surface area contributed by atoms with E-state index in [1.807, 2.05) is 0 Å². The fraction of sp³-hybridized carbons (Fsp3) is 1.00. The second-order valence-electron chi connectivity index (χ2n) is 5.82. The number of rotatable bonds is 5. The lowest BCUT2D eigenvalue weighted by Crippen LogP contribution is -2.64. The van der Waals surface area contributed by atoms with Crippen LogP contribution in [0, 0.1) is 0 Å². The molecule has 0 aromatic rings. The van der Waals surface area contributed by atoms with Gasteiger partial charge in [-0.25, -0.2) is 0 Å². The van der Waals surface area contributed by atoms with Crippen LogP contribution in [0.15, 0.2) is 0 Å². The van der Waals surface area contributed by atoms with Gasteiger partial charge in [0.25, 0.3) is 0 Å². The second kappa shape index (κ2) is 8.29. The molecule has 2 aliphatic heterocycles. The molecule has 2 rings (SSSR count). The van der Waals surface area contributed by atoms with Crippen molar-refractivity contribution >= 4 is 0 Å². The highest BCUT2D eigenvalue weighted by molar-refractivity contribution is 4.93. The first-order valence-electron chi connectivity index (χ1n) is 7.61. The van der Waals surface area contributed by atoms with Crippen molar-refractivity contribution < 1.29 is 49.6 Å². The van der Waals surface area contributed by atoms with Gasteiger partial charge in [0.05, 0.1) is 19.4 Å². The van der Waals surface area contributed by atoms with E-state index in [0.717, 1.165) is 0 Å². The van der Waals surface area contributed by atoms with Crippen molar-refractivity contribution in [3.63, 3.8) is 0 Å². The normalized spacial score (nSPS) is 50.0. The number of nitrogens with two attached hydrogens (primary N) is 1. The summed E-state index contributed by atoms with van der Waals surface area (Å²) < 4.78 is 20.9. The molecule has 2 aliphatic rings. The minimum absolute atomic E-state index is 0.285. The fourth-order valence-electron chi connectivity index (χ4n) is 2.73. The molecule has 10 atom stereocenters. The Bertz CT molecular complexity index is 401. The van der Waals surface area contributed by atoms with Gasteiger partial charge >= 0.3 is 0 Å². The largest absolute Gasteiger partial charge is 0.394 e. The van der Waals surface area contributed by atoms with Crippen LogP contribution in [0.25, 0.3) is 0 Å². The Morgan fingerprint density at radius 3 is 2.12 bits per heavy atom. The molecule has 0 amide bonds. The lowest BCUT2D eigenvalue weighted by molar-refractivity contribution is -0.357. The van der Waals surface area contributed by atoms with Gasteiger partial charge in [0, 0.05) is 0 Å². The van der Waals surface area contributed by atoms with Gasteiger partial charge in [-0.15, -0.1) is 0 Å². The Kier molecular flexibility index (Phi) is 6.87. The average Bonchev–Trinajstić information content (AvgIpc) is 2.56. The summed E-state index contributed by atoms with van der Waals surface area (Å²) in [6, 6.07) is 0. The number of hydrogen-bond donors (Lipinski definition) is 7. The van der Waals surface area contributed by atoms with Crippen LogP contribution in [-0.2, 0) is 18.9 Å². The summed E-state index contributed by atoms with van der Waals surface area (Å²) in [6.07, 6.45) is -13.4. The Morgan fingerprint density at radius 1 is 0.875 bits per heavy atom. The van der Waals surface area contributed by atoms with E-state index < -0.39 is 68.0 Å². The first kappa shape index (κ1) is 19.9. The molecule has 11 heteroatoms. The van der Waals surface area contributed by atoms with Crippen LogP contribution in [0.2, 0.25) is 0 Å². The minimum atomic E-state index is -1.61. The summed E-state index contributed by atoms with van der Waals surface area (Å²) in [5, 5.41) is 59.1. The molecule has 8 N–H and O–H groups in total. The Morgan fingerprint density at radius 2 is 1.54 bits per heavy atom. The molecule has 24 heavy (non-hydrogen) atoms. The first-order valence-corrected chi connectivity index (χ1v) is 7.61. The Balaban J connectivity index is 2.12. The van der Waals surface area contributed by atoms with E-state index in [4.69, 9.17) is 24.7 Å². The third-order valence-corrected chi connectivity index (χ3v) is 4.18. The molecule has 4 unspecified atom stereocenters. The zero-order valence-electron chi connectivity index (χ0n) is 13.1. The van der Waals surface area contributed by atoms with Gasteiger partial charge in [0.2, 0.25) is 0 Å². The molecular formula is C13H25NO10. The molecule has 2 heterocycles. The summed E-state index contributed by atoms with van der Waals surface area (Å²) in [7, 11) is 0. The standard InChI is InChI=1S/C13H25NO10/c1-4-6(16)8(18)9(19)13(22-4)24-11-7(17)5(2-15)23-12(10(11)20)21-3-14/h4-13,15-20H,2-3,14H2,1H3/t4?,5?,6-,7+,8-,9?,10?,11-,12+,13-/m0/s1. The molecule has 11 nitrogen and oxygen atoms in total. The third-order valence-electron chi connectivity index (χ3n) is 4.18. The van der Waals surface area contributed by atoms with E-state index in [9.17, 15) is 30.6 Å². The third kappa shape index (κ3) is 3.86. The maximum absolute atomic E-state index is 10.2. The van der Waals surface area contributed by atoms with Gasteiger partial charge in [0.1, 0.15) is 42.7 Å². The minimum Gasteiger partial charge on any atom is -0.394 e. The summed E-state index contributed by atoms with van der Waals surface area (Å²) in [5.74, 6) is 0. The Hall–Kier alpha value is -0.440. The van der Waals surface area contributed by atoms with Crippen molar-refractivity contribution in [3.05, 3.63) is 0 Å². The highest BCUT2D eigenvalue weighted by Gasteiger charge is 2.50. The summed E-state index contributed by atoms with van der Waals surface area (Å²) in [5.41, 5.74) is 5.24. The average molecular weight is 355 g/mol. The van der Waals surface area contributed by atoms with E-state index in [1.165, 1.54) is 6.92 Å². The van der Waals surface area contributed by atoms with Crippen molar-refractivity contribution in [2.24, 2.45) is 5.73 Å². The summed E-state index contributed by atoms with van der Waals surface area (Å²) in [4.78, 5) is 0. The predicted molar refractivity (Wildman–Crippen MR) is 75.1 cm³/mol. The molecule has 2 saturated heterocycles. The van der Waals surface area contributed by atoms with Gasteiger partial charge in [0.15, 0.2) is 12.6 Å². The van der Waals surface area contributed by atoms with E-state index in [-0.39, 0.29) is 6.73 Å². The van der Waals surface area contributed by atoms with Crippen LogP contribution < -0.4 is 5.73 Å². The lowest BCUT2D eigenvalue weighted by Gasteiger charge is -2.45. The molecule has 0 radical (unpaired) electrons. The molecule has 0 aliphatic carbocycles. The topological polar surface area (TPSA) is 184 Å². The number of ether oxygens (including phenoxy) is 4. The van der Waals surface area contributed by atoms with Crippen LogP contribution in [-0.4, -0.2) is 105 Å². The van der Waals surface area contributed by atoms with Gasteiger partial charge in [-0.1, -0.05) is 0 Å². The number of aliphatic hydroxyl groups is 6. The van der Waals surface area contributed by atoms with Crippen LogP contribution in [0.3, 0.4) is 0 Å². The van der Waals surface area contributed by atoms with Crippen LogP contribution in [0.5, 0.6) is 0 Å². The SMILES string of the molecule is CC1O[C@@H](O[C@@H]2C(O)[C@H](OCN)OC(CO)[C@H]2O)C(O)[C@@H](O)[C@H]1O. The van der Waals surface area contributed by atoms with Crippen molar-refractivity contribution in [1.29, 1.82) is 0 Å². The molecule has 0 aromatic heterocycles. The molecule has 0 bridgehead atoms. The van der Waals surface area contributed by atoms with E-state index in [1.54, 1.807) is 0 Å². The van der Waals surface area contributed by atoms with Gasteiger partial charge in [-0.2, -0.15) is 0 Å². The second-order valence-corrected chi connectivity index (χ2v) is 5.82. The molecule has 2 fully saturated rings. The summed E-state index contributed by atoms with van der Waals surface area (Å²) >= 11 is 0. The Labute approximate surface area is 138 Å². The fourth-order valence-corrected chi connectivity index (χ4v) is 2.73. The number of aliphatic hydroxyl groups excluding tert-OH is 6. The van der Waals surface area contributed by atoms with Gasteiger partial charge in [-0.3, -0.25) is 0 Å². The zero-order valence-corrected chi connectivity index (χ0v) is 13.1. The molecule has 142 valence electrons. The molecule has 0 saturated carbocycles. The van der Waals surface area contributed by atoms with Crippen LogP contribution in [0.4, 0.5) is 0 Å². The molecular weight excluding hydrogens is 330 g/mol. The maximum Gasteiger partial charge on any atom is 0.188 e. The summed E-state index contributed by atoms with van der Waals surface area (Å²) in [6.45, 7) is 0.598. The first-order chi connectivity index (χ1) is 11.3. The van der Waals surface area contributed by atoms with Crippen molar-refractivity contribution in [3.8, 4) is 0 Å². The van der Waals surface area contributed by atoms with E-state index in [2.05, 4.69) is 0 Å². The maximum atomic E-state index is 10.2. The van der Waals surface area contributed by atoms with Crippen LogP contribution >= 0.6 is 0 Å². The molecule has 0 aromatic carbocycles. The van der Waals surface area contributed by atoms with Crippen molar-refractivity contribution in [2.45, 2.75) is 68.3 Å². The van der Waals surface area contributed by atoms with E-state index >= 15 is 0 Å². The highest BCUT2D eigenvalue weighted by atomic mass is 16.7. The van der Waals surface area contributed by atoms with Crippen molar-refractivity contribution in [2.75, 3.05) is 13.3 Å².